The zero-order valence-electron chi connectivity index (χ0n) is 15.3. The van der Waals surface area contributed by atoms with Gasteiger partial charge in [0.25, 0.3) is 0 Å². The Balaban J connectivity index is 3.32. The molecule has 0 unspecified atom stereocenters. The molecule has 0 fully saturated rings. The van der Waals surface area contributed by atoms with Crippen LogP contribution < -0.4 is 5.19 Å². The lowest BCUT2D eigenvalue weighted by molar-refractivity contribution is -0.0465. The zero-order chi connectivity index (χ0) is 17.0. The van der Waals surface area contributed by atoms with Crippen LogP contribution in [0.2, 0.25) is 0 Å². The van der Waals surface area contributed by atoms with E-state index in [2.05, 4.69) is 27.7 Å². The van der Waals surface area contributed by atoms with Crippen molar-refractivity contribution in [3.05, 3.63) is 30.3 Å². The molecule has 0 atom stereocenters. The Bertz CT molecular complexity index is 431. The van der Waals surface area contributed by atoms with Crippen molar-refractivity contribution in [2.24, 2.45) is 5.92 Å². The molecule has 22 heavy (non-hydrogen) atoms. The van der Waals surface area contributed by atoms with Crippen molar-refractivity contribution in [1.82, 2.24) is 0 Å². The van der Waals surface area contributed by atoms with Gasteiger partial charge in [0.15, 0.2) is 0 Å². The first-order chi connectivity index (χ1) is 10.1. The summed E-state index contributed by atoms with van der Waals surface area (Å²) in [5, 5.41) is 1.02. The van der Waals surface area contributed by atoms with Gasteiger partial charge in [0.1, 0.15) is 0 Å². The van der Waals surface area contributed by atoms with Gasteiger partial charge in [-0.05, 0) is 47.5 Å². The van der Waals surface area contributed by atoms with Crippen molar-refractivity contribution in [1.29, 1.82) is 0 Å². The van der Waals surface area contributed by atoms with E-state index in [1.807, 2.05) is 58.0 Å². The van der Waals surface area contributed by atoms with Crippen LogP contribution in [0, 0.1) is 5.92 Å². The highest BCUT2D eigenvalue weighted by molar-refractivity contribution is 6.75. The largest absolute Gasteiger partial charge is 0.538 e. The monoisotopic (exact) mass is 324 g/mol. The first kappa shape index (κ1) is 19.4. The fourth-order valence-electron chi connectivity index (χ4n) is 2.00. The van der Waals surface area contributed by atoms with E-state index in [4.69, 9.17) is 13.3 Å². The Morgan fingerprint density at radius 3 is 1.64 bits per heavy atom. The first-order valence-corrected chi connectivity index (χ1v) is 9.93. The van der Waals surface area contributed by atoms with Gasteiger partial charge in [-0.3, -0.25) is 0 Å². The van der Waals surface area contributed by atoms with Gasteiger partial charge in [0.05, 0.1) is 5.60 Å². The van der Waals surface area contributed by atoms with Crippen molar-refractivity contribution in [2.75, 3.05) is 0 Å². The SMILES string of the molecule is CC(C)O[Si](OC(C)C)(OC(C)(C)C(C)C)c1ccccc1. The maximum absolute atomic E-state index is 6.59. The minimum atomic E-state index is -3.00. The van der Waals surface area contributed by atoms with Crippen LogP contribution in [-0.4, -0.2) is 26.6 Å². The van der Waals surface area contributed by atoms with Crippen molar-refractivity contribution in [3.8, 4) is 0 Å². The predicted octanol–water partition coefficient (Wildman–Crippen LogP) is 4.13. The summed E-state index contributed by atoms with van der Waals surface area (Å²) in [4.78, 5) is 0. The highest BCUT2D eigenvalue weighted by Gasteiger charge is 2.50. The van der Waals surface area contributed by atoms with E-state index in [0.29, 0.717) is 5.92 Å². The third-order valence-electron chi connectivity index (χ3n) is 3.70. The van der Waals surface area contributed by atoms with Gasteiger partial charge in [-0.15, -0.1) is 0 Å². The van der Waals surface area contributed by atoms with Gasteiger partial charge < -0.3 is 13.3 Å². The molecule has 0 aliphatic rings. The molecule has 0 saturated heterocycles. The van der Waals surface area contributed by atoms with E-state index in [0.717, 1.165) is 5.19 Å². The molecule has 0 aliphatic heterocycles. The van der Waals surface area contributed by atoms with E-state index in [9.17, 15) is 0 Å². The molecule has 1 rings (SSSR count). The van der Waals surface area contributed by atoms with E-state index < -0.39 is 8.80 Å². The molecular formula is C18H32O3Si. The summed E-state index contributed by atoms with van der Waals surface area (Å²) >= 11 is 0. The molecular weight excluding hydrogens is 292 g/mol. The summed E-state index contributed by atoms with van der Waals surface area (Å²) in [7, 11) is -3.00. The first-order valence-electron chi connectivity index (χ1n) is 8.20. The number of rotatable bonds is 8. The molecule has 0 saturated carbocycles. The zero-order valence-corrected chi connectivity index (χ0v) is 16.3. The Hall–Kier alpha value is -0.683. The molecule has 1 aromatic rings. The molecule has 3 nitrogen and oxygen atoms in total. The number of hydrogen-bond acceptors (Lipinski definition) is 3. The fourth-order valence-corrected chi connectivity index (χ4v) is 5.31. The Kier molecular flexibility index (Phi) is 6.80. The predicted molar refractivity (Wildman–Crippen MR) is 94.3 cm³/mol. The number of benzene rings is 1. The topological polar surface area (TPSA) is 27.7 Å². The summed E-state index contributed by atoms with van der Waals surface area (Å²) in [6.45, 7) is 16.6. The lowest BCUT2D eigenvalue weighted by Gasteiger charge is -2.41. The van der Waals surface area contributed by atoms with Crippen LogP contribution in [0.25, 0.3) is 0 Å². The summed E-state index contributed by atoms with van der Waals surface area (Å²) in [6, 6.07) is 10.1. The van der Waals surface area contributed by atoms with Crippen LogP contribution in [0.3, 0.4) is 0 Å². The normalized spacial score (nSPS) is 13.4. The third kappa shape index (κ3) is 5.20. The van der Waals surface area contributed by atoms with Gasteiger partial charge in [0, 0.05) is 17.4 Å². The molecule has 0 spiro atoms. The second-order valence-electron chi connectivity index (χ2n) is 7.12. The van der Waals surface area contributed by atoms with Crippen molar-refractivity contribution in [3.63, 3.8) is 0 Å². The maximum Gasteiger partial charge on any atom is 0.538 e. The summed E-state index contributed by atoms with van der Waals surface area (Å²) < 4.78 is 19.2. The lowest BCUT2D eigenvalue weighted by Crippen LogP contribution is -2.63. The van der Waals surface area contributed by atoms with Crippen LogP contribution in [0.4, 0.5) is 0 Å². The summed E-state index contributed by atoms with van der Waals surface area (Å²) in [6.07, 6.45) is 0.0715. The van der Waals surface area contributed by atoms with Crippen LogP contribution in [0.1, 0.15) is 55.4 Å². The van der Waals surface area contributed by atoms with Crippen molar-refractivity contribution in [2.45, 2.75) is 73.2 Å². The van der Waals surface area contributed by atoms with E-state index in [1.54, 1.807) is 0 Å². The van der Waals surface area contributed by atoms with Crippen molar-refractivity contribution >= 4 is 14.0 Å². The van der Waals surface area contributed by atoms with E-state index >= 15 is 0 Å². The Morgan fingerprint density at radius 2 is 1.27 bits per heavy atom. The fraction of sp³-hybridized carbons (Fsp3) is 0.667. The molecule has 0 bridgehead atoms. The smallest absolute Gasteiger partial charge is 0.367 e. The molecule has 126 valence electrons. The van der Waals surface area contributed by atoms with Gasteiger partial charge in [-0.25, -0.2) is 0 Å². The molecule has 4 heteroatoms. The van der Waals surface area contributed by atoms with Gasteiger partial charge in [0.2, 0.25) is 0 Å². The van der Waals surface area contributed by atoms with E-state index in [-0.39, 0.29) is 17.8 Å². The highest BCUT2D eigenvalue weighted by Crippen LogP contribution is 2.28. The van der Waals surface area contributed by atoms with Crippen molar-refractivity contribution < 1.29 is 13.3 Å². The second-order valence-corrected chi connectivity index (χ2v) is 9.48. The van der Waals surface area contributed by atoms with Crippen LogP contribution in [0.15, 0.2) is 30.3 Å². The van der Waals surface area contributed by atoms with Gasteiger partial charge in [-0.2, -0.15) is 0 Å². The minimum absolute atomic E-state index is 0.0357. The van der Waals surface area contributed by atoms with Crippen LogP contribution in [0.5, 0.6) is 0 Å². The summed E-state index contributed by atoms with van der Waals surface area (Å²) in [5.41, 5.74) is -0.328. The quantitative estimate of drug-likeness (QED) is 0.673. The molecule has 0 aliphatic carbocycles. The summed E-state index contributed by atoms with van der Waals surface area (Å²) in [5.74, 6) is 0.356. The molecule has 0 amide bonds. The molecule has 0 aromatic heterocycles. The average Bonchev–Trinajstić information content (AvgIpc) is 2.37. The Morgan fingerprint density at radius 1 is 0.818 bits per heavy atom. The lowest BCUT2D eigenvalue weighted by atomic mass is 9.95. The minimum Gasteiger partial charge on any atom is -0.367 e. The highest BCUT2D eigenvalue weighted by atomic mass is 28.4. The van der Waals surface area contributed by atoms with Gasteiger partial charge >= 0.3 is 8.80 Å². The molecule has 0 N–H and O–H groups in total. The van der Waals surface area contributed by atoms with Crippen LogP contribution in [-0.2, 0) is 13.3 Å². The molecule has 1 aromatic carbocycles. The van der Waals surface area contributed by atoms with Crippen LogP contribution >= 0.6 is 0 Å². The standard InChI is InChI=1S/C18H32O3Si/c1-14(2)18(7,8)21-22(19-15(3)4,20-16(5)6)17-12-10-9-11-13-17/h9-16H,1-8H3. The molecule has 0 heterocycles. The second kappa shape index (κ2) is 7.73. The number of hydrogen-bond donors (Lipinski definition) is 0. The average molecular weight is 325 g/mol. The van der Waals surface area contributed by atoms with E-state index in [1.165, 1.54) is 0 Å². The maximum atomic E-state index is 6.59. The van der Waals surface area contributed by atoms with Gasteiger partial charge in [-0.1, -0.05) is 44.2 Å². The Labute approximate surface area is 137 Å². The molecule has 0 radical (unpaired) electrons. The third-order valence-corrected chi connectivity index (χ3v) is 7.10.